The lowest BCUT2D eigenvalue weighted by molar-refractivity contribution is 0.241. The fourth-order valence-electron chi connectivity index (χ4n) is 2.28. The zero-order valence-corrected chi connectivity index (χ0v) is 12.3. The van der Waals surface area contributed by atoms with Crippen molar-refractivity contribution in [2.75, 3.05) is 6.61 Å². The molecule has 0 aliphatic carbocycles. The van der Waals surface area contributed by atoms with Crippen LogP contribution in [0.3, 0.4) is 0 Å². The van der Waals surface area contributed by atoms with Gasteiger partial charge in [-0.2, -0.15) is 0 Å². The molecule has 2 rings (SSSR count). The van der Waals surface area contributed by atoms with Crippen molar-refractivity contribution in [1.82, 2.24) is 5.32 Å². The molecule has 0 saturated carbocycles. The normalized spacial score (nSPS) is 12.3. The molecule has 0 fully saturated rings. The van der Waals surface area contributed by atoms with Gasteiger partial charge in [0.2, 0.25) is 0 Å². The molecule has 2 aromatic carbocycles. The zero-order valence-electron chi connectivity index (χ0n) is 12.3. The molecule has 0 aliphatic heterocycles. The molecule has 2 heteroatoms. The molecule has 0 saturated heterocycles. The van der Waals surface area contributed by atoms with E-state index in [1.54, 1.807) is 0 Å². The van der Waals surface area contributed by atoms with Gasteiger partial charge in [-0.1, -0.05) is 48.5 Å². The highest BCUT2D eigenvalue weighted by atomic mass is 16.3. The lowest BCUT2D eigenvalue weighted by Gasteiger charge is -2.17. The summed E-state index contributed by atoms with van der Waals surface area (Å²) in [5.74, 6) is 0. The molecule has 2 nitrogen and oxygen atoms in total. The monoisotopic (exact) mass is 269 g/mol. The van der Waals surface area contributed by atoms with Crippen molar-refractivity contribution < 1.29 is 5.11 Å². The van der Waals surface area contributed by atoms with Crippen LogP contribution >= 0.6 is 0 Å². The van der Waals surface area contributed by atoms with E-state index in [9.17, 15) is 5.11 Å². The van der Waals surface area contributed by atoms with Gasteiger partial charge in [-0.3, -0.25) is 0 Å². The minimum atomic E-state index is 0.0963. The van der Waals surface area contributed by atoms with Crippen molar-refractivity contribution in [3.8, 4) is 0 Å². The molecular weight excluding hydrogens is 246 g/mol. The summed E-state index contributed by atoms with van der Waals surface area (Å²) in [4.78, 5) is 0. The maximum Gasteiger partial charge on any atom is 0.0587 e. The Morgan fingerprint density at radius 3 is 2.35 bits per heavy atom. The predicted molar refractivity (Wildman–Crippen MR) is 83.8 cm³/mol. The van der Waals surface area contributed by atoms with Gasteiger partial charge in [-0.25, -0.2) is 0 Å². The standard InChI is InChI=1S/C18H23NO/c1-14-8-9-17(10-15(14)2)12-19-18(13-20)11-16-6-4-3-5-7-16/h3-10,18-20H,11-13H2,1-2H3/t18-/m1/s1. The Labute approximate surface area is 121 Å². The second kappa shape index (κ2) is 7.22. The third-order valence-electron chi connectivity index (χ3n) is 3.71. The van der Waals surface area contributed by atoms with E-state index >= 15 is 0 Å². The molecule has 0 spiro atoms. The summed E-state index contributed by atoms with van der Waals surface area (Å²) in [7, 11) is 0. The van der Waals surface area contributed by atoms with Crippen LogP contribution in [0.4, 0.5) is 0 Å². The molecule has 0 unspecified atom stereocenters. The Hall–Kier alpha value is -1.64. The first-order valence-electron chi connectivity index (χ1n) is 7.13. The van der Waals surface area contributed by atoms with Crippen LogP contribution in [0.1, 0.15) is 22.3 Å². The minimum absolute atomic E-state index is 0.0963. The number of aliphatic hydroxyl groups is 1. The Morgan fingerprint density at radius 1 is 0.950 bits per heavy atom. The summed E-state index contributed by atoms with van der Waals surface area (Å²) in [6.07, 6.45) is 0.849. The van der Waals surface area contributed by atoms with Crippen LogP contribution in [0.15, 0.2) is 48.5 Å². The Balaban J connectivity index is 1.92. The molecule has 0 aliphatic rings. The van der Waals surface area contributed by atoms with Gasteiger partial charge < -0.3 is 10.4 Å². The first-order valence-corrected chi connectivity index (χ1v) is 7.13. The molecule has 0 heterocycles. The average Bonchev–Trinajstić information content (AvgIpc) is 2.48. The molecule has 0 amide bonds. The lowest BCUT2D eigenvalue weighted by atomic mass is 10.0. The van der Waals surface area contributed by atoms with Crippen LogP contribution in [0.25, 0.3) is 0 Å². The minimum Gasteiger partial charge on any atom is -0.395 e. The number of hydrogen-bond donors (Lipinski definition) is 2. The van der Waals surface area contributed by atoms with Crippen LogP contribution in [0.5, 0.6) is 0 Å². The van der Waals surface area contributed by atoms with Gasteiger partial charge in [-0.05, 0) is 42.5 Å². The second-order valence-electron chi connectivity index (χ2n) is 5.37. The van der Waals surface area contributed by atoms with Crippen molar-refractivity contribution >= 4 is 0 Å². The van der Waals surface area contributed by atoms with Gasteiger partial charge in [0.25, 0.3) is 0 Å². The van der Waals surface area contributed by atoms with E-state index in [4.69, 9.17) is 0 Å². The van der Waals surface area contributed by atoms with E-state index in [1.165, 1.54) is 22.3 Å². The number of benzene rings is 2. The van der Waals surface area contributed by atoms with Crippen molar-refractivity contribution in [2.45, 2.75) is 32.9 Å². The SMILES string of the molecule is Cc1ccc(CN[C@@H](CO)Cc2ccccc2)cc1C. The smallest absolute Gasteiger partial charge is 0.0587 e. The number of aryl methyl sites for hydroxylation is 2. The number of nitrogens with one attached hydrogen (secondary N) is 1. The maximum atomic E-state index is 9.50. The average molecular weight is 269 g/mol. The molecule has 0 radical (unpaired) electrons. The fourth-order valence-corrected chi connectivity index (χ4v) is 2.28. The first kappa shape index (κ1) is 14.8. The highest BCUT2D eigenvalue weighted by molar-refractivity contribution is 5.29. The highest BCUT2D eigenvalue weighted by Gasteiger charge is 2.08. The summed E-state index contributed by atoms with van der Waals surface area (Å²) >= 11 is 0. The fraction of sp³-hybridized carbons (Fsp3) is 0.333. The predicted octanol–water partition coefficient (Wildman–Crippen LogP) is 3.00. The van der Waals surface area contributed by atoms with Gasteiger partial charge in [0, 0.05) is 12.6 Å². The van der Waals surface area contributed by atoms with Crippen LogP contribution in [0.2, 0.25) is 0 Å². The van der Waals surface area contributed by atoms with E-state index < -0.39 is 0 Å². The zero-order chi connectivity index (χ0) is 14.4. The summed E-state index contributed by atoms with van der Waals surface area (Å²) in [6.45, 7) is 5.20. The van der Waals surface area contributed by atoms with E-state index in [1.807, 2.05) is 18.2 Å². The van der Waals surface area contributed by atoms with Gasteiger partial charge in [-0.15, -0.1) is 0 Å². The molecule has 2 aromatic rings. The molecule has 20 heavy (non-hydrogen) atoms. The van der Waals surface area contributed by atoms with Crippen LogP contribution < -0.4 is 5.32 Å². The van der Waals surface area contributed by atoms with Crippen molar-refractivity contribution in [3.63, 3.8) is 0 Å². The van der Waals surface area contributed by atoms with Gasteiger partial charge in [0.05, 0.1) is 6.61 Å². The summed E-state index contributed by atoms with van der Waals surface area (Å²) in [5, 5.41) is 12.9. The Morgan fingerprint density at radius 2 is 1.70 bits per heavy atom. The third-order valence-corrected chi connectivity index (χ3v) is 3.71. The topological polar surface area (TPSA) is 32.3 Å². The Bertz CT molecular complexity index is 536. The third kappa shape index (κ3) is 4.19. The van der Waals surface area contributed by atoms with Crippen molar-refractivity contribution in [1.29, 1.82) is 0 Å². The van der Waals surface area contributed by atoms with Crippen molar-refractivity contribution in [3.05, 3.63) is 70.8 Å². The molecular formula is C18H23NO. The molecule has 1 atom stereocenters. The van der Waals surface area contributed by atoms with Crippen molar-refractivity contribution in [2.24, 2.45) is 0 Å². The van der Waals surface area contributed by atoms with E-state index in [-0.39, 0.29) is 12.6 Å². The second-order valence-corrected chi connectivity index (χ2v) is 5.37. The number of rotatable bonds is 6. The van der Waals surface area contributed by atoms with Gasteiger partial charge in [0.1, 0.15) is 0 Å². The maximum absolute atomic E-state index is 9.50. The van der Waals surface area contributed by atoms with Gasteiger partial charge >= 0.3 is 0 Å². The first-order chi connectivity index (χ1) is 9.69. The van der Waals surface area contributed by atoms with Crippen LogP contribution in [-0.4, -0.2) is 17.8 Å². The summed E-state index contributed by atoms with van der Waals surface area (Å²) in [5.41, 5.74) is 5.14. The largest absolute Gasteiger partial charge is 0.395 e. The molecule has 0 bridgehead atoms. The number of aliphatic hydroxyl groups excluding tert-OH is 1. The van der Waals surface area contributed by atoms with Gasteiger partial charge in [0.15, 0.2) is 0 Å². The molecule has 106 valence electrons. The van der Waals surface area contributed by atoms with Crippen LogP contribution in [0, 0.1) is 13.8 Å². The lowest BCUT2D eigenvalue weighted by Crippen LogP contribution is -2.34. The Kier molecular flexibility index (Phi) is 5.33. The van der Waals surface area contributed by atoms with Crippen LogP contribution in [-0.2, 0) is 13.0 Å². The molecule has 2 N–H and O–H groups in total. The van der Waals surface area contributed by atoms with E-state index in [0.717, 1.165) is 13.0 Å². The van der Waals surface area contributed by atoms with E-state index in [0.29, 0.717) is 0 Å². The summed E-state index contributed by atoms with van der Waals surface area (Å²) in [6, 6.07) is 16.9. The molecule has 0 aromatic heterocycles. The quantitative estimate of drug-likeness (QED) is 0.845. The van der Waals surface area contributed by atoms with E-state index in [2.05, 4.69) is 49.5 Å². The summed E-state index contributed by atoms with van der Waals surface area (Å²) < 4.78 is 0. The highest BCUT2D eigenvalue weighted by Crippen LogP contribution is 2.10. The number of hydrogen-bond acceptors (Lipinski definition) is 2.